The largest absolute Gasteiger partial charge is 0.419 e. The Morgan fingerprint density at radius 2 is 1.34 bits per heavy atom. The van der Waals surface area contributed by atoms with Crippen LogP contribution in [0.4, 0.5) is 82.7 Å². The number of carbonyl (C=O) groups excluding carboxylic acids is 2. The van der Waals surface area contributed by atoms with Crippen molar-refractivity contribution in [3.8, 4) is 5.69 Å². The van der Waals surface area contributed by atoms with Gasteiger partial charge in [0.25, 0.3) is 24.0 Å². The number of nitrogens with zero attached hydrogens (tertiary/aromatic N) is 12. The molecule has 88 heavy (non-hydrogen) atoms. The molecule has 3 aliphatic heterocycles. The van der Waals surface area contributed by atoms with Crippen LogP contribution in [0.1, 0.15) is 61.5 Å². The molecule has 0 bridgehead atoms. The fraction of sp³-hybridized carbons (Fsp3) is 0.305. The standard InChI is InChI=1S/C59H55F7N18O4/c1-32-4-5-34(54(85)73-40-18-37(58(61,62)63)19-42(20-40)83-25-33(2)71-30-83)16-44(32)77-53-51-48(24-68-57(80-51)76-39-9-15-88-28-39)84(31-72-53)26-36-7-6-35(17-45(36)78-52-50-46(69-29-70-52)23-67-56(79-50)75-38-8-14-87-27-38)55(86)74-41-21-43(59(64,65)66)49(60)47(22-41)82-12-10-81(3)11-13-82/h4-7,16-25,29-31,38-39H,8-15,26-28H2,1-3H3,(H5,67,68,69,70,73,74,75,76,77,78,79,80,85,86)/p+1. The summed E-state index contributed by atoms with van der Waals surface area (Å²) in [6.07, 6.45) is 0.537. The lowest BCUT2D eigenvalue weighted by atomic mass is 10.1. The number of halogens is 7. The molecule has 0 aliphatic carbocycles. The lowest BCUT2D eigenvalue weighted by molar-refractivity contribution is -0.665. The molecule has 8 heterocycles. The molecule has 0 spiro atoms. The molecule has 0 radical (unpaired) electrons. The summed E-state index contributed by atoms with van der Waals surface area (Å²) in [7, 11) is 1.86. The molecule has 12 rings (SSSR count). The van der Waals surface area contributed by atoms with Gasteiger partial charge in [0.05, 0.1) is 66.5 Å². The maximum Gasteiger partial charge on any atom is 0.419 e. The average Bonchev–Trinajstić information content (AvgIpc) is 3.36. The number of imidazole rings is 1. The number of amides is 2. The average molecular weight is 1210 g/mol. The van der Waals surface area contributed by atoms with Crippen LogP contribution in [0.15, 0.2) is 104 Å². The Hall–Kier alpha value is -9.74. The predicted octanol–water partition coefficient (Wildman–Crippen LogP) is 9.22. The highest BCUT2D eigenvalue weighted by Gasteiger charge is 2.38. The second-order valence-corrected chi connectivity index (χ2v) is 21.6. The third-order valence-corrected chi connectivity index (χ3v) is 15.2. The van der Waals surface area contributed by atoms with Crippen molar-refractivity contribution in [2.24, 2.45) is 0 Å². The zero-order valence-electron chi connectivity index (χ0n) is 47.4. The highest BCUT2D eigenvalue weighted by Crippen LogP contribution is 2.39. The van der Waals surface area contributed by atoms with Crippen molar-refractivity contribution >= 4 is 85.9 Å². The number of carbonyl (C=O) groups is 2. The number of piperazine rings is 1. The summed E-state index contributed by atoms with van der Waals surface area (Å²) in [5, 5.41) is 18.5. The highest BCUT2D eigenvalue weighted by molar-refractivity contribution is 6.06. The molecule has 2 unspecified atom stereocenters. The molecule has 2 amide bonds. The lowest BCUT2D eigenvalue weighted by Crippen LogP contribution is -2.45. The molecule has 6 N–H and O–H groups in total. The van der Waals surface area contributed by atoms with E-state index in [1.54, 1.807) is 55.1 Å². The van der Waals surface area contributed by atoms with Gasteiger partial charge in [0.2, 0.25) is 11.9 Å². The number of likely N-dealkylation sites (N-methyl/N-ethyl adjacent to an activating group) is 1. The molecule has 5 aromatic heterocycles. The number of fused-ring (bicyclic) bond motifs is 2. The Morgan fingerprint density at radius 3 is 2.00 bits per heavy atom. The topological polar surface area (TPSA) is 243 Å². The zero-order valence-corrected chi connectivity index (χ0v) is 47.4. The number of hydrogen-bond donors (Lipinski definition) is 6. The molecule has 3 aliphatic rings. The molecular formula is C59H56F7N18O4+. The fourth-order valence-electron chi connectivity index (χ4n) is 10.4. The fourth-order valence-corrected chi connectivity index (χ4v) is 10.4. The smallest absolute Gasteiger partial charge is 0.379 e. The number of anilines is 9. The Morgan fingerprint density at radius 1 is 0.693 bits per heavy atom. The van der Waals surface area contributed by atoms with E-state index in [1.807, 2.05) is 11.9 Å². The number of hydrogen-bond acceptors (Lipinski definition) is 18. The van der Waals surface area contributed by atoms with Crippen LogP contribution in [-0.2, 0) is 28.4 Å². The summed E-state index contributed by atoms with van der Waals surface area (Å²) >= 11 is 0. The van der Waals surface area contributed by atoms with Crippen LogP contribution in [0.3, 0.4) is 0 Å². The normalized spacial score (nSPS) is 16.5. The highest BCUT2D eigenvalue weighted by atomic mass is 19.4. The van der Waals surface area contributed by atoms with Crippen molar-refractivity contribution in [2.45, 2.75) is 57.7 Å². The summed E-state index contributed by atoms with van der Waals surface area (Å²) in [4.78, 5) is 68.5. The number of rotatable bonds is 16. The molecular weight excluding hydrogens is 1160 g/mol. The Labute approximate surface area is 497 Å². The molecule has 9 aromatic rings. The number of aromatic nitrogens is 10. The van der Waals surface area contributed by atoms with Crippen molar-refractivity contribution in [2.75, 3.05) is 96.5 Å². The van der Waals surface area contributed by atoms with Gasteiger partial charge in [-0.3, -0.25) is 9.59 Å². The zero-order chi connectivity index (χ0) is 61.4. The van der Waals surface area contributed by atoms with E-state index in [9.17, 15) is 35.9 Å². The maximum atomic E-state index is 15.7. The van der Waals surface area contributed by atoms with Crippen molar-refractivity contribution in [3.63, 3.8) is 0 Å². The van der Waals surface area contributed by atoms with Crippen LogP contribution in [0.25, 0.3) is 27.8 Å². The summed E-state index contributed by atoms with van der Waals surface area (Å²) in [5.74, 6) is -1.96. The molecule has 3 saturated heterocycles. The first-order valence-corrected chi connectivity index (χ1v) is 27.9. The van der Waals surface area contributed by atoms with Crippen LogP contribution < -0.4 is 41.4 Å². The van der Waals surface area contributed by atoms with E-state index in [4.69, 9.17) is 24.4 Å². The molecule has 2 atom stereocenters. The molecule has 3 fully saturated rings. The van der Waals surface area contributed by atoms with Gasteiger partial charge in [-0.15, -0.1) is 0 Å². The predicted molar refractivity (Wildman–Crippen MR) is 312 cm³/mol. The van der Waals surface area contributed by atoms with Crippen molar-refractivity contribution in [3.05, 3.63) is 149 Å². The maximum absolute atomic E-state index is 15.7. The van der Waals surface area contributed by atoms with Crippen LogP contribution in [0, 0.1) is 19.7 Å². The van der Waals surface area contributed by atoms with Crippen molar-refractivity contribution in [1.82, 2.24) is 49.3 Å². The first kappa shape index (κ1) is 58.6. The van der Waals surface area contributed by atoms with Gasteiger partial charge in [-0.05, 0) is 98.9 Å². The van der Waals surface area contributed by atoms with Crippen LogP contribution >= 0.6 is 0 Å². The van der Waals surface area contributed by atoms with E-state index < -0.39 is 41.1 Å². The van der Waals surface area contributed by atoms with E-state index in [0.717, 1.165) is 18.6 Å². The van der Waals surface area contributed by atoms with Crippen LogP contribution in [0.2, 0.25) is 0 Å². The van der Waals surface area contributed by atoms with Gasteiger partial charge < -0.3 is 55.7 Å². The van der Waals surface area contributed by atoms with E-state index in [0.29, 0.717) is 102 Å². The summed E-state index contributed by atoms with van der Waals surface area (Å²) in [5.41, 5.74) is 1.00. The summed E-state index contributed by atoms with van der Waals surface area (Å²) in [6, 6.07) is 14.3. The van der Waals surface area contributed by atoms with Crippen LogP contribution in [0.5, 0.6) is 0 Å². The van der Waals surface area contributed by atoms with Gasteiger partial charge in [-0.2, -0.15) is 26.3 Å². The van der Waals surface area contributed by atoms with Gasteiger partial charge in [-0.1, -0.05) is 12.1 Å². The van der Waals surface area contributed by atoms with Crippen LogP contribution in [-0.4, -0.2) is 133 Å². The van der Waals surface area contributed by atoms with E-state index in [2.05, 4.69) is 56.8 Å². The number of alkyl halides is 6. The molecule has 22 nitrogen and oxygen atoms in total. The third-order valence-electron chi connectivity index (χ3n) is 15.2. The molecule has 0 saturated carbocycles. The Kier molecular flexibility index (Phi) is 16.1. The first-order valence-electron chi connectivity index (χ1n) is 27.9. The van der Waals surface area contributed by atoms with Crippen molar-refractivity contribution < 1.29 is 54.4 Å². The minimum Gasteiger partial charge on any atom is -0.379 e. The number of nitrogens with one attached hydrogen (secondary N) is 6. The number of aryl methyl sites for hydroxylation is 2. The summed E-state index contributed by atoms with van der Waals surface area (Å²) < 4.78 is 116. The molecule has 4 aromatic carbocycles. The second kappa shape index (κ2) is 24.2. The van der Waals surface area contributed by atoms with Crippen molar-refractivity contribution in [1.29, 1.82) is 0 Å². The van der Waals surface area contributed by atoms with Gasteiger partial charge in [-0.25, -0.2) is 43.8 Å². The number of ether oxygens (including phenoxy) is 2. The SMILES string of the molecule is Cc1cn(-c2cc(NC(=O)c3ccc(C)c(Nc4nc[n+](Cc5ccc(C(=O)Nc6cc(N7CCN(C)CC7)c(F)c(C(F)(F)F)c6)cc5Nc5ncnc6cnc(NC7CCOC7)nc56)c5cnc(NC6CCOC6)nc45)c3)cc(C(F)(F)F)c2)cn1. The van der Waals surface area contributed by atoms with Gasteiger partial charge >= 0.3 is 12.4 Å². The minimum absolute atomic E-state index is 0.000238. The molecule has 454 valence electrons. The quantitative estimate of drug-likeness (QED) is 0.0390. The Bertz CT molecular complexity index is 4130. The van der Waals surface area contributed by atoms with Gasteiger partial charge in [0.1, 0.15) is 23.9 Å². The summed E-state index contributed by atoms with van der Waals surface area (Å²) in [6.45, 7) is 6.97. The monoisotopic (exact) mass is 1210 g/mol. The van der Waals surface area contributed by atoms with Gasteiger partial charge in [0, 0.05) is 90.7 Å². The third kappa shape index (κ3) is 13.0. The minimum atomic E-state index is -5.08. The van der Waals surface area contributed by atoms with E-state index in [1.165, 1.54) is 58.9 Å². The second-order valence-electron chi connectivity index (χ2n) is 21.6. The molecule has 29 heteroatoms. The van der Waals surface area contributed by atoms with E-state index >= 15 is 4.39 Å². The van der Waals surface area contributed by atoms with Gasteiger partial charge in [0.15, 0.2) is 22.7 Å². The first-order chi connectivity index (χ1) is 42.2. The van der Waals surface area contributed by atoms with E-state index in [-0.39, 0.29) is 89.1 Å². The number of benzene rings is 4. The Balaban J connectivity index is 0.894. The lowest BCUT2D eigenvalue weighted by Gasteiger charge is -2.34.